The standard InChI is InChI=1S/C54H36N2/c1-5-15-37(16-6-1)39-25-29-44(30-26-39)56-51-24-14-13-23-45(51)50-35-47(48(36-54(50)56)40-19-9-3-10-20-40)42-28-32-52-49(33-42)46-31-27-41(38-17-7-2-8-18-38)34-53(46)55(52)43-21-11-4-12-22-43/h1-36H. The first-order chi connectivity index (χ1) is 27.8. The molecule has 0 N–H and O–H groups in total. The summed E-state index contributed by atoms with van der Waals surface area (Å²) in [6, 6.07) is 79.5. The van der Waals surface area contributed by atoms with Crippen molar-refractivity contribution < 1.29 is 0 Å². The average molecular weight is 713 g/mol. The Morgan fingerprint density at radius 1 is 0.214 bits per heavy atom. The van der Waals surface area contributed by atoms with Crippen LogP contribution in [0.2, 0.25) is 0 Å². The summed E-state index contributed by atoms with van der Waals surface area (Å²) in [4.78, 5) is 0. The molecule has 0 aliphatic carbocycles. The Labute approximate surface area is 325 Å². The summed E-state index contributed by atoms with van der Waals surface area (Å²) in [6.45, 7) is 0. The molecule has 0 saturated heterocycles. The van der Waals surface area contributed by atoms with Crippen molar-refractivity contribution in [2.75, 3.05) is 0 Å². The molecule has 2 nitrogen and oxygen atoms in total. The summed E-state index contributed by atoms with van der Waals surface area (Å²) in [5.41, 5.74) is 16.8. The number of fused-ring (bicyclic) bond motifs is 6. The third kappa shape index (κ3) is 5.26. The minimum atomic E-state index is 1.15. The summed E-state index contributed by atoms with van der Waals surface area (Å²) in [7, 11) is 0. The van der Waals surface area contributed by atoms with Crippen molar-refractivity contribution in [3.05, 3.63) is 218 Å². The molecule has 2 heterocycles. The highest BCUT2D eigenvalue weighted by atomic mass is 15.0. The molecule has 0 spiro atoms. The van der Waals surface area contributed by atoms with Gasteiger partial charge in [-0.05, 0) is 105 Å². The normalized spacial score (nSPS) is 11.6. The molecule has 0 aliphatic heterocycles. The Bertz CT molecular complexity index is 3190. The van der Waals surface area contributed by atoms with Crippen molar-refractivity contribution in [3.63, 3.8) is 0 Å². The third-order valence-electron chi connectivity index (χ3n) is 11.3. The molecular formula is C54H36N2. The predicted molar refractivity (Wildman–Crippen MR) is 237 cm³/mol. The monoisotopic (exact) mass is 712 g/mol. The van der Waals surface area contributed by atoms with E-state index < -0.39 is 0 Å². The van der Waals surface area contributed by atoms with E-state index in [1.54, 1.807) is 0 Å². The Morgan fingerprint density at radius 2 is 0.661 bits per heavy atom. The molecule has 0 amide bonds. The molecule has 11 rings (SSSR count). The van der Waals surface area contributed by atoms with Crippen molar-refractivity contribution in [1.29, 1.82) is 0 Å². The highest BCUT2D eigenvalue weighted by Crippen LogP contribution is 2.43. The quantitative estimate of drug-likeness (QED) is 0.162. The number of benzene rings is 9. The topological polar surface area (TPSA) is 9.86 Å². The lowest BCUT2D eigenvalue weighted by atomic mass is 9.92. The molecule has 9 aromatic carbocycles. The zero-order valence-electron chi connectivity index (χ0n) is 30.7. The van der Waals surface area contributed by atoms with Crippen molar-refractivity contribution in [2.24, 2.45) is 0 Å². The van der Waals surface area contributed by atoms with Gasteiger partial charge in [0.25, 0.3) is 0 Å². The van der Waals surface area contributed by atoms with Crippen LogP contribution in [0.25, 0.3) is 99.5 Å². The van der Waals surface area contributed by atoms with E-state index >= 15 is 0 Å². The van der Waals surface area contributed by atoms with Crippen LogP contribution in [0, 0.1) is 0 Å². The van der Waals surface area contributed by atoms with Gasteiger partial charge in [-0.2, -0.15) is 0 Å². The number of nitrogens with zero attached hydrogens (tertiary/aromatic N) is 2. The number of hydrogen-bond acceptors (Lipinski definition) is 0. The number of rotatable bonds is 6. The summed E-state index contributed by atoms with van der Waals surface area (Å²) in [6.07, 6.45) is 0. The fourth-order valence-electron chi connectivity index (χ4n) is 8.68. The van der Waals surface area contributed by atoms with Crippen LogP contribution in [0.15, 0.2) is 218 Å². The van der Waals surface area contributed by atoms with Crippen molar-refractivity contribution >= 4 is 43.6 Å². The molecule has 0 radical (unpaired) electrons. The molecule has 0 unspecified atom stereocenters. The smallest absolute Gasteiger partial charge is 0.0547 e. The van der Waals surface area contributed by atoms with Gasteiger partial charge in [0.1, 0.15) is 0 Å². The minimum Gasteiger partial charge on any atom is -0.309 e. The van der Waals surface area contributed by atoms with Gasteiger partial charge in [0.15, 0.2) is 0 Å². The van der Waals surface area contributed by atoms with Crippen LogP contribution in [0.3, 0.4) is 0 Å². The van der Waals surface area contributed by atoms with Crippen LogP contribution >= 0.6 is 0 Å². The van der Waals surface area contributed by atoms with Gasteiger partial charge in [-0.1, -0.05) is 158 Å². The van der Waals surface area contributed by atoms with Gasteiger partial charge in [0.05, 0.1) is 22.1 Å². The minimum absolute atomic E-state index is 1.15. The first kappa shape index (κ1) is 32.0. The highest BCUT2D eigenvalue weighted by molar-refractivity contribution is 6.15. The van der Waals surface area contributed by atoms with E-state index in [1.165, 1.54) is 88.1 Å². The molecule has 0 saturated carbocycles. The summed E-state index contributed by atoms with van der Waals surface area (Å²) < 4.78 is 4.84. The molecule has 11 aromatic rings. The van der Waals surface area contributed by atoms with Gasteiger partial charge >= 0.3 is 0 Å². The molecule has 262 valence electrons. The fourth-order valence-corrected chi connectivity index (χ4v) is 8.68. The van der Waals surface area contributed by atoms with Crippen molar-refractivity contribution in [3.8, 4) is 55.9 Å². The van der Waals surface area contributed by atoms with Crippen LogP contribution in [-0.4, -0.2) is 9.13 Å². The molecular weight excluding hydrogens is 677 g/mol. The van der Waals surface area contributed by atoms with Crippen LogP contribution < -0.4 is 0 Å². The Hall–Kier alpha value is -7.42. The van der Waals surface area contributed by atoms with Crippen LogP contribution in [-0.2, 0) is 0 Å². The first-order valence-electron chi connectivity index (χ1n) is 19.3. The second-order valence-electron chi connectivity index (χ2n) is 14.5. The van der Waals surface area contributed by atoms with E-state index in [1.807, 2.05) is 0 Å². The van der Waals surface area contributed by atoms with Crippen molar-refractivity contribution in [2.45, 2.75) is 0 Å². The van der Waals surface area contributed by atoms with Gasteiger partial charge in [-0.15, -0.1) is 0 Å². The number of aromatic nitrogens is 2. The second kappa shape index (κ2) is 13.2. The van der Waals surface area contributed by atoms with Crippen molar-refractivity contribution in [1.82, 2.24) is 9.13 Å². The second-order valence-corrected chi connectivity index (χ2v) is 14.5. The van der Waals surface area contributed by atoms with Gasteiger partial charge in [-0.3, -0.25) is 0 Å². The van der Waals surface area contributed by atoms with Gasteiger partial charge < -0.3 is 9.13 Å². The van der Waals surface area contributed by atoms with E-state index in [0.717, 1.165) is 11.4 Å². The van der Waals surface area contributed by atoms with Crippen LogP contribution in [0.5, 0.6) is 0 Å². The Kier molecular flexibility index (Phi) is 7.53. The van der Waals surface area contributed by atoms with E-state index in [4.69, 9.17) is 0 Å². The zero-order valence-corrected chi connectivity index (χ0v) is 30.7. The SMILES string of the molecule is c1ccc(-c2ccc(-n3c4ccccc4c4cc(-c5ccc6c(c5)c5ccc(-c7ccccc7)cc5n6-c5ccccc5)c(-c5ccccc5)cc43)cc2)cc1. The van der Waals surface area contributed by atoms with Crippen LogP contribution in [0.4, 0.5) is 0 Å². The molecule has 2 heteroatoms. The van der Waals surface area contributed by atoms with E-state index in [0.29, 0.717) is 0 Å². The molecule has 2 aromatic heterocycles. The maximum absolute atomic E-state index is 2.43. The predicted octanol–water partition coefficient (Wildman–Crippen LogP) is 14.5. The number of hydrogen-bond donors (Lipinski definition) is 0. The summed E-state index contributed by atoms with van der Waals surface area (Å²) in [5, 5.41) is 4.96. The average Bonchev–Trinajstić information content (AvgIpc) is 3.78. The number of para-hydroxylation sites is 2. The lowest BCUT2D eigenvalue weighted by Gasteiger charge is -2.14. The lowest BCUT2D eigenvalue weighted by molar-refractivity contribution is 1.18. The Balaban J connectivity index is 1.15. The lowest BCUT2D eigenvalue weighted by Crippen LogP contribution is -1.95. The maximum Gasteiger partial charge on any atom is 0.0547 e. The van der Waals surface area contributed by atoms with Gasteiger partial charge in [0, 0.05) is 32.9 Å². The highest BCUT2D eigenvalue weighted by Gasteiger charge is 2.20. The maximum atomic E-state index is 2.43. The first-order valence-corrected chi connectivity index (χ1v) is 19.3. The molecule has 0 atom stereocenters. The van der Waals surface area contributed by atoms with E-state index in [2.05, 4.69) is 228 Å². The third-order valence-corrected chi connectivity index (χ3v) is 11.3. The molecule has 56 heavy (non-hydrogen) atoms. The summed E-state index contributed by atoms with van der Waals surface area (Å²) >= 11 is 0. The summed E-state index contributed by atoms with van der Waals surface area (Å²) in [5.74, 6) is 0. The van der Waals surface area contributed by atoms with E-state index in [9.17, 15) is 0 Å². The fraction of sp³-hybridized carbons (Fsp3) is 0. The van der Waals surface area contributed by atoms with Gasteiger partial charge in [-0.25, -0.2) is 0 Å². The van der Waals surface area contributed by atoms with Crippen LogP contribution in [0.1, 0.15) is 0 Å². The van der Waals surface area contributed by atoms with Gasteiger partial charge in [0.2, 0.25) is 0 Å². The molecule has 0 bridgehead atoms. The van der Waals surface area contributed by atoms with E-state index in [-0.39, 0.29) is 0 Å². The molecule has 0 fully saturated rings. The Morgan fingerprint density at radius 3 is 1.36 bits per heavy atom. The largest absolute Gasteiger partial charge is 0.309 e. The zero-order chi connectivity index (χ0) is 37.0. The molecule has 0 aliphatic rings.